The number of hydrogen-bond acceptors (Lipinski definition) is 5. The monoisotopic (exact) mass is 315 g/mol. The number of hydrogen-bond donors (Lipinski definition) is 1. The molecule has 2 amide bonds. The van der Waals surface area contributed by atoms with E-state index in [1.54, 1.807) is 0 Å². The minimum atomic E-state index is -0.536. The van der Waals surface area contributed by atoms with Crippen LogP contribution in [-0.4, -0.2) is 41.3 Å². The van der Waals surface area contributed by atoms with Crippen LogP contribution in [0.25, 0.3) is 0 Å². The van der Waals surface area contributed by atoms with Crippen LogP contribution >= 0.6 is 0 Å². The van der Waals surface area contributed by atoms with E-state index in [0.29, 0.717) is 6.42 Å². The molecule has 0 spiro atoms. The minimum Gasteiger partial charge on any atom is -0.447 e. The fourth-order valence-electron chi connectivity index (χ4n) is 2.96. The first-order valence-electron chi connectivity index (χ1n) is 7.95. The summed E-state index contributed by atoms with van der Waals surface area (Å²) in [5.41, 5.74) is 5.12. The number of cyclic esters (lactones) is 1. The maximum atomic E-state index is 12.5. The Morgan fingerprint density at radius 2 is 2.17 bits per heavy atom. The second kappa shape index (κ2) is 6.81. The van der Waals surface area contributed by atoms with E-state index in [0.717, 1.165) is 24.1 Å². The summed E-state index contributed by atoms with van der Waals surface area (Å²) in [6.07, 6.45) is 2.08. The van der Waals surface area contributed by atoms with Gasteiger partial charge in [-0.25, -0.2) is 9.69 Å². The van der Waals surface area contributed by atoms with E-state index in [4.69, 9.17) is 4.74 Å². The third-order valence-electron chi connectivity index (χ3n) is 4.26. The molecule has 0 unspecified atom stereocenters. The van der Waals surface area contributed by atoms with Gasteiger partial charge in [-0.15, -0.1) is 0 Å². The van der Waals surface area contributed by atoms with Gasteiger partial charge < -0.3 is 10.2 Å². The topological polar surface area (TPSA) is 71.0 Å². The van der Waals surface area contributed by atoms with Crippen LogP contribution in [0.4, 0.5) is 4.79 Å². The van der Waals surface area contributed by atoms with Gasteiger partial charge in [0.15, 0.2) is 0 Å². The van der Waals surface area contributed by atoms with Crippen molar-refractivity contribution in [2.75, 3.05) is 6.61 Å². The Morgan fingerprint density at radius 1 is 1.39 bits per heavy atom. The fourth-order valence-corrected chi connectivity index (χ4v) is 2.96. The Hall–Kier alpha value is -2.37. The maximum Gasteiger partial charge on any atom is 0.416 e. The highest BCUT2D eigenvalue weighted by Gasteiger charge is 2.38. The van der Waals surface area contributed by atoms with E-state index in [2.05, 4.69) is 10.5 Å². The van der Waals surface area contributed by atoms with Crippen molar-refractivity contribution in [3.05, 3.63) is 35.9 Å². The van der Waals surface area contributed by atoms with Crippen molar-refractivity contribution >= 4 is 17.7 Å². The zero-order valence-electron chi connectivity index (χ0n) is 13.2. The average molecular weight is 315 g/mol. The molecule has 3 rings (SSSR count). The van der Waals surface area contributed by atoms with Crippen LogP contribution < -0.4 is 5.43 Å². The zero-order chi connectivity index (χ0) is 16.2. The van der Waals surface area contributed by atoms with Crippen LogP contribution in [0.3, 0.4) is 0 Å². The molecule has 2 aliphatic rings. The molecule has 1 aromatic carbocycles. The molecule has 1 N–H and O–H groups in total. The van der Waals surface area contributed by atoms with Gasteiger partial charge >= 0.3 is 6.09 Å². The SMILES string of the molecule is CC1=NN[C@@H](CC(=O)N2C(=O)OC[C@H]2Cc2ccccc2)CC1. The smallest absolute Gasteiger partial charge is 0.416 e. The van der Waals surface area contributed by atoms with Gasteiger partial charge in [-0.05, 0) is 31.7 Å². The molecule has 1 aromatic rings. The fraction of sp³-hybridized carbons (Fsp3) is 0.471. The van der Waals surface area contributed by atoms with Gasteiger partial charge in [0, 0.05) is 12.1 Å². The number of carbonyl (C=O) groups is 2. The van der Waals surface area contributed by atoms with Crippen LogP contribution in [0.5, 0.6) is 0 Å². The zero-order valence-corrected chi connectivity index (χ0v) is 13.2. The number of hydrazone groups is 1. The second-order valence-electron chi connectivity index (χ2n) is 6.10. The predicted octanol–water partition coefficient (Wildman–Crippen LogP) is 2.09. The van der Waals surface area contributed by atoms with E-state index in [1.165, 1.54) is 4.90 Å². The Morgan fingerprint density at radius 3 is 2.87 bits per heavy atom. The van der Waals surface area contributed by atoms with E-state index < -0.39 is 6.09 Å². The lowest BCUT2D eigenvalue weighted by Crippen LogP contribution is -2.43. The summed E-state index contributed by atoms with van der Waals surface area (Å²) in [7, 11) is 0. The first-order valence-corrected chi connectivity index (χ1v) is 7.95. The van der Waals surface area contributed by atoms with Crippen LogP contribution in [0.15, 0.2) is 35.4 Å². The summed E-state index contributed by atoms with van der Waals surface area (Å²) in [6.45, 7) is 2.22. The molecule has 0 aromatic heterocycles. The summed E-state index contributed by atoms with van der Waals surface area (Å²) in [4.78, 5) is 25.8. The Bertz CT molecular complexity index is 615. The number of nitrogens with zero attached hydrogens (tertiary/aromatic N) is 2. The summed E-state index contributed by atoms with van der Waals surface area (Å²) in [5, 5.41) is 4.18. The van der Waals surface area contributed by atoms with E-state index in [-0.39, 0.29) is 31.0 Å². The van der Waals surface area contributed by atoms with Gasteiger partial charge in [-0.2, -0.15) is 5.10 Å². The van der Waals surface area contributed by atoms with Gasteiger partial charge in [0.25, 0.3) is 0 Å². The molecule has 2 aliphatic heterocycles. The standard InChI is InChI=1S/C17H21N3O3/c1-12-7-8-14(19-18-12)10-16(21)20-15(11-23-17(20)22)9-13-5-3-2-4-6-13/h2-6,14-15,19H,7-11H2,1H3/t14-,15-/m1/s1. The first kappa shape index (κ1) is 15.5. The third-order valence-corrected chi connectivity index (χ3v) is 4.26. The quantitative estimate of drug-likeness (QED) is 0.923. The molecule has 0 aliphatic carbocycles. The highest BCUT2D eigenvalue weighted by molar-refractivity contribution is 5.94. The van der Waals surface area contributed by atoms with Gasteiger partial charge in [-0.1, -0.05) is 30.3 Å². The highest BCUT2D eigenvalue weighted by Crippen LogP contribution is 2.20. The number of ether oxygens (including phenoxy) is 1. The van der Waals surface area contributed by atoms with Crippen molar-refractivity contribution in [1.82, 2.24) is 10.3 Å². The van der Waals surface area contributed by atoms with Gasteiger partial charge in [0.05, 0.1) is 12.1 Å². The molecular formula is C17H21N3O3. The third kappa shape index (κ3) is 3.70. The normalized spacial score (nSPS) is 24.0. The summed E-state index contributed by atoms with van der Waals surface area (Å²) in [5.74, 6) is -0.194. The molecule has 2 heterocycles. The number of nitrogens with one attached hydrogen (secondary N) is 1. The molecule has 122 valence electrons. The lowest BCUT2D eigenvalue weighted by Gasteiger charge is -2.25. The van der Waals surface area contributed by atoms with Crippen molar-refractivity contribution in [3.63, 3.8) is 0 Å². The van der Waals surface area contributed by atoms with Crippen LogP contribution in [0.2, 0.25) is 0 Å². The molecule has 1 saturated heterocycles. The Balaban J connectivity index is 1.63. The summed E-state index contributed by atoms with van der Waals surface area (Å²) >= 11 is 0. The molecule has 0 saturated carbocycles. The first-order chi connectivity index (χ1) is 11.1. The van der Waals surface area contributed by atoms with Crippen LogP contribution in [-0.2, 0) is 16.0 Å². The van der Waals surface area contributed by atoms with Crippen molar-refractivity contribution in [1.29, 1.82) is 0 Å². The van der Waals surface area contributed by atoms with Gasteiger partial charge in [0.2, 0.25) is 5.91 Å². The lowest BCUT2D eigenvalue weighted by atomic mass is 10.0. The van der Waals surface area contributed by atoms with E-state index in [9.17, 15) is 9.59 Å². The highest BCUT2D eigenvalue weighted by atomic mass is 16.6. The van der Waals surface area contributed by atoms with Crippen LogP contribution in [0, 0.1) is 0 Å². The second-order valence-corrected chi connectivity index (χ2v) is 6.10. The Labute approximate surface area is 135 Å². The van der Waals surface area contributed by atoms with Crippen molar-refractivity contribution in [2.24, 2.45) is 5.10 Å². The molecule has 6 nitrogen and oxygen atoms in total. The maximum absolute atomic E-state index is 12.5. The van der Waals surface area contributed by atoms with Gasteiger partial charge in [-0.3, -0.25) is 4.79 Å². The van der Waals surface area contributed by atoms with Crippen molar-refractivity contribution < 1.29 is 14.3 Å². The number of carbonyl (C=O) groups excluding carboxylic acids is 2. The average Bonchev–Trinajstić information content (AvgIpc) is 2.91. The lowest BCUT2D eigenvalue weighted by molar-refractivity contribution is -0.129. The summed E-state index contributed by atoms with van der Waals surface area (Å²) in [6, 6.07) is 9.58. The van der Waals surface area contributed by atoms with Crippen molar-refractivity contribution in [2.45, 2.75) is 44.7 Å². The molecular weight excluding hydrogens is 294 g/mol. The van der Waals surface area contributed by atoms with E-state index >= 15 is 0 Å². The largest absolute Gasteiger partial charge is 0.447 e. The molecule has 6 heteroatoms. The van der Waals surface area contributed by atoms with Crippen LogP contribution in [0.1, 0.15) is 31.7 Å². The Kier molecular flexibility index (Phi) is 4.60. The molecule has 2 atom stereocenters. The predicted molar refractivity (Wildman–Crippen MR) is 86.0 cm³/mol. The van der Waals surface area contributed by atoms with Crippen molar-refractivity contribution in [3.8, 4) is 0 Å². The summed E-state index contributed by atoms with van der Waals surface area (Å²) < 4.78 is 5.10. The van der Waals surface area contributed by atoms with Gasteiger partial charge in [0.1, 0.15) is 6.61 Å². The van der Waals surface area contributed by atoms with E-state index in [1.807, 2.05) is 37.3 Å². The molecule has 0 bridgehead atoms. The minimum absolute atomic E-state index is 0.0167. The number of imide groups is 1. The molecule has 1 fully saturated rings. The molecule has 23 heavy (non-hydrogen) atoms. The number of rotatable bonds is 4. The number of benzene rings is 1. The molecule has 0 radical (unpaired) electrons. The number of amides is 2.